The molecule has 2 aliphatic heterocycles. The van der Waals surface area contributed by atoms with Gasteiger partial charge in [0, 0.05) is 50.9 Å². The molecule has 0 aliphatic carbocycles. The Bertz CT molecular complexity index is 728. The van der Waals surface area contributed by atoms with E-state index in [0.717, 1.165) is 13.1 Å². The Kier molecular flexibility index (Phi) is 6.77. The summed E-state index contributed by atoms with van der Waals surface area (Å²) in [5.41, 5.74) is -0.119. The molecule has 0 unspecified atom stereocenters. The van der Waals surface area contributed by atoms with E-state index in [9.17, 15) is 18.5 Å². The van der Waals surface area contributed by atoms with Crippen LogP contribution in [0.4, 0.5) is 5.69 Å². The molecule has 2 heterocycles. The minimum absolute atomic E-state index is 0.0256. The summed E-state index contributed by atoms with van der Waals surface area (Å²) in [7, 11) is -3.57. The lowest BCUT2D eigenvalue weighted by Gasteiger charge is -2.38. The van der Waals surface area contributed by atoms with E-state index in [1.165, 1.54) is 24.3 Å². The molecule has 3 rings (SSSR count). The smallest absolute Gasteiger partial charge is 0.269 e. The quantitative estimate of drug-likeness (QED) is 0.480. The maximum absolute atomic E-state index is 12.9. The molecule has 0 N–H and O–H groups in total. The van der Waals surface area contributed by atoms with Crippen molar-refractivity contribution in [2.75, 3.05) is 64.9 Å². The van der Waals surface area contributed by atoms with Gasteiger partial charge in [-0.05, 0) is 12.1 Å². The van der Waals surface area contributed by atoms with Crippen LogP contribution < -0.4 is 0 Å². The van der Waals surface area contributed by atoms with E-state index in [1.54, 1.807) is 0 Å². The van der Waals surface area contributed by atoms with Crippen molar-refractivity contribution in [3.8, 4) is 0 Å². The number of nitrogens with zero attached hydrogens (tertiary/aromatic N) is 3. The van der Waals surface area contributed by atoms with Gasteiger partial charge in [-0.25, -0.2) is 8.42 Å². The Hall–Kier alpha value is -1.59. The van der Waals surface area contributed by atoms with Crippen molar-refractivity contribution in [2.24, 2.45) is 0 Å². The normalized spacial score (nSPS) is 21.0. The minimum atomic E-state index is -3.57. The molecule has 0 spiro atoms. The molecule has 2 aliphatic rings. The Morgan fingerprint density at radius 1 is 1.00 bits per heavy atom. The fourth-order valence-corrected chi connectivity index (χ4v) is 4.99. The maximum Gasteiger partial charge on any atom is 0.269 e. The lowest BCUT2D eigenvalue weighted by atomic mass is 10.2. The van der Waals surface area contributed by atoms with Crippen LogP contribution in [0.15, 0.2) is 29.2 Å². The summed E-state index contributed by atoms with van der Waals surface area (Å²) in [6.07, 6.45) is 0. The zero-order valence-electron chi connectivity index (χ0n) is 15.2. The van der Waals surface area contributed by atoms with Gasteiger partial charge in [0.25, 0.3) is 5.69 Å². The highest BCUT2D eigenvalue weighted by Crippen LogP contribution is 2.20. The average molecular weight is 399 g/mol. The molecular weight excluding hydrogens is 374 g/mol. The lowest BCUT2D eigenvalue weighted by molar-refractivity contribution is -0.384. The summed E-state index contributed by atoms with van der Waals surface area (Å²) in [4.78, 5) is 14.8. The van der Waals surface area contributed by atoms with E-state index in [4.69, 9.17) is 9.47 Å². The number of nitro benzene ring substituents is 1. The number of ether oxygens (including phenoxy) is 2. The van der Waals surface area contributed by atoms with Crippen LogP contribution in [0.25, 0.3) is 0 Å². The largest absolute Gasteiger partial charge is 0.379 e. The molecule has 0 aromatic heterocycles. The van der Waals surface area contributed by atoms with Crippen LogP contribution in [0.3, 0.4) is 0 Å². The van der Waals surface area contributed by atoms with E-state index in [2.05, 4.69) is 9.80 Å². The molecule has 10 heteroatoms. The average Bonchev–Trinajstić information content (AvgIpc) is 2.69. The third-order valence-electron chi connectivity index (χ3n) is 4.95. The topological polar surface area (TPSA) is 102 Å². The fourth-order valence-electron chi connectivity index (χ4n) is 3.42. The van der Waals surface area contributed by atoms with Crippen LogP contribution in [0, 0.1) is 10.1 Å². The SMILES string of the molecule is O=[N+]([O-])c1ccc(S(=O)(=O)C[C@H](CN2CCOCC2)N2CCOCC2)cc1. The number of benzene rings is 1. The molecule has 27 heavy (non-hydrogen) atoms. The summed E-state index contributed by atoms with van der Waals surface area (Å²) < 4.78 is 36.7. The van der Waals surface area contributed by atoms with Crippen molar-refractivity contribution >= 4 is 15.5 Å². The summed E-state index contributed by atoms with van der Waals surface area (Å²) in [6, 6.07) is 4.95. The van der Waals surface area contributed by atoms with E-state index in [0.29, 0.717) is 46.1 Å². The van der Waals surface area contributed by atoms with Crippen LogP contribution >= 0.6 is 0 Å². The second-order valence-electron chi connectivity index (χ2n) is 6.75. The van der Waals surface area contributed by atoms with Crippen LogP contribution in [-0.2, 0) is 19.3 Å². The number of morpholine rings is 2. The van der Waals surface area contributed by atoms with E-state index >= 15 is 0 Å². The van der Waals surface area contributed by atoms with Crippen LogP contribution in [0.2, 0.25) is 0 Å². The standard InChI is InChI=1S/C17H25N3O6S/c21-20(22)15-1-3-17(4-2-15)27(23,24)14-16(19-7-11-26-12-8-19)13-18-5-9-25-10-6-18/h1-4,16H,5-14H2/t16-/m0/s1. The van der Waals surface area contributed by atoms with Crippen molar-refractivity contribution < 1.29 is 22.8 Å². The van der Waals surface area contributed by atoms with Gasteiger partial charge < -0.3 is 9.47 Å². The molecule has 1 aromatic rings. The monoisotopic (exact) mass is 399 g/mol. The van der Waals surface area contributed by atoms with Gasteiger partial charge in [0.15, 0.2) is 9.84 Å². The summed E-state index contributed by atoms with van der Waals surface area (Å²) in [5.74, 6) is -0.0256. The number of rotatable bonds is 7. The van der Waals surface area contributed by atoms with Gasteiger partial charge in [-0.2, -0.15) is 0 Å². The van der Waals surface area contributed by atoms with E-state index in [1.807, 2.05) is 0 Å². The van der Waals surface area contributed by atoms with Crippen molar-refractivity contribution in [3.05, 3.63) is 34.4 Å². The van der Waals surface area contributed by atoms with Gasteiger partial charge in [-0.15, -0.1) is 0 Å². The lowest BCUT2D eigenvalue weighted by Crippen LogP contribution is -2.53. The Balaban J connectivity index is 1.75. The van der Waals surface area contributed by atoms with E-state index in [-0.39, 0.29) is 22.4 Å². The van der Waals surface area contributed by atoms with Gasteiger partial charge in [-0.3, -0.25) is 19.9 Å². The summed E-state index contributed by atoms with van der Waals surface area (Å²) in [5, 5.41) is 10.8. The predicted molar refractivity (Wildman–Crippen MR) is 98.6 cm³/mol. The minimum Gasteiger partial charge on any atom is -0.379 e. The third kappa shape index (κ3) is 5.45. The summed E-state index contributed by atoms with van der Waals surface area (Å²) in [6.45, 7) is 6.13. The number of nitro groups is 1. The maximum atomic E-state index is 12.9. The molecule has 1 aromatic carbocycles. The van der Waals surface area contributed by atoms with Gasteiger partial charge in [-0.1, -0.05) is 0 Å². The van der Waals surface area contributed by atoms with Crippen LogP contribution in [-0.4, -0.2) is 94.1 Å². The molecule has 9 nitrogen and oxygen atoms in total. The van der Waals surface area contributed by atoms with Crippen molar-refractivity contribution in [3.63, 3.8) is 0 Å². The number of hydrogen-bond acceptors (Lipinski definition) is 8. The third-order valence-corrected chi connectivity index (χ3v) is 6.77. The molecular formula is C17H25N3O6S. The molecule has 150 valence electrons. The van der Waals surface area contributed by atoms with Crippen molar-refractivity contribution in [1.29, 1.82) is 0 Å². The van der Waals surface area contributed by atoms with Gasteiger partial charge in [0.05, 0.1) is 42.0 Å². The second kappa shape index (κ2) is 9.07. The number of hydrogen-bond donors (Lipinski definition) is 0. The first-order chi connectivity index (χ1) is 13.0. The predicted octanol–water partition coefficient (Wildman–Crippen LogP) is 0.402. The molecule has 0 saturated carbocycles. The zero-order chi connectivity index (χ0) is 19.3. The highest BCUT2D eigenvalue weighted by Gasteiger charge is 2.30. The Morgan fingerprint density at radius 2 is 1.56 bits per heavy atom. The zero-order valence-corrected chi connectivity index (χ0v) is 16.0. The highest BCUT2D eigenvalue weighted by molar-refractivity contribution is 7.91. The van der Waals surface area contributed by atoms with Gasteiger partial charge in [0.2, 0.25) is 0 Å². The second-order valence-corrected chi connectivity index (χ2v) is 8.78. The first-order valence-electron chi connectivity index (χ1n) is 9.05. The van der Waals surface area contributed by atoms with E-state index < -0.39 is 14.8 Å². The number of non-ortho nitro benzene ring substituents is 1. The molecule has 0 amide bonds. The highest BCUT2D eigenvalue weighted by atomic mass is 32.2. The molecule has 0 radical (unpaired) electrons. The van der Waals surface area contributed by atoms with Crippen LogP contribution in [0.5, 0.6) is 0 Å². The molecule has 1 atom stereocenters. The molecule has 2 fully saturated rings. The van der Waals surface area contributed by atoms with Gasteiger partial charge >= 0.3 is 0 Å². The Morgan fingerprint density at radius 3 is 2.11 bits per heavy atom. The number of sulfone groups is 1. The fraction of sp³-hybridized carbons (Fsp3) is 0.647. The van der Waals surface area contributed by atoms with Crippen LogP contribution in [0.1, 0.15) is 0 Å². The first kappa shape index (κ1) is 20.2. The first-order valence-corrected chi connectivity index (χ1v) is 10.7. The van der Waals surface area contributed by atoms with Crippen molar-refractivity contribution in [1.82, 2.24) is 9.80 Å². The molecule has 0 bridgehead atoms. The summed E-state index contributed by atoms with van der Waals surface area (Å²) >= 11 is 0. The van der Waals surface area contributed by atoms with Crippen molar-refractivity contribution in [2.45, 2.75) is 10.9 Å². The Labute approximate surface area is 158 Å². The molecule has 2 saturated heterocycles. The van der Waals surface area contributed by atoms with Gasteiger partial charge in [0.1, 0.15) is 0 Å².